The van der Waals surface area contributed by atoms with Crippen LogP contribution in [0.2, 0.25) is 0 Å². The van der Waals surface area contributed by atoms with E-state index in [-0.39, 0.29) is 24.8 Å². The van der Waals surface area contributed by atoms with Gasteiger partial charge in [0.15, 0.2) is 11.6 Å². The third kappa shape index (κ3) is 8.22. The second-order valence-electron chi connectivity index (χ2n) is 5.94. The van der Waals surface area contributed by atoms with Crippen molar-refractivity contribution in [1.29, 1.82) is 0 Å². The van der Waals surface area contributed by atoms with Gasteiger partial charge in [0.2, 0.25) is 0 Å². The van der Waals surface area contributed by atoms with Crippen LogP contribution in [0, 0.1) is 3.57 Å². The molecular weight excluding hydrogens is 487 g/mol. The summed E-state index contributed by atoms with van der Waals surface area (Å²) in [5.41, 5.74) is 1.17. The fraction of sp³-hybridized carbons (Fsp3) is 0.182. The molecule has 3 rings (SSSR count). The lowest BCUT2D eigenvalue weighted by Crippen LogP contribution is -2.06. The van der Waals surface area contributed by atoms with Gasteiger partial charge in [0, 0.05) is 8.45 Å². The fourth-order valence-corrected chi connectivity index (χ4v) is 3.15. The van der Waals surface area contributed by atoms with Gasteiger partial charge in [-0.05, 0) is 102 Å². The molecule has 0 saturated carbocycles. The molecule has 6 heteroatoms. The first-order valence-electron chi connectivity index (χ1n) is 8.58. The molecule has 0 atom stereocenters. The van der Waals surface area contributed by atoms with Gasteiger partial charge in [-0.1, -0.05) is 6.07 Å². The Balaban J connectivity index is 0.000000209. The molecule has 0 N–H and O–H groups in total. The lowest BCUT2D eigenvalue weighted by atomic mass is 10.2. The maximum absolute atomic E-state index is 10.7. The predicted octanol–water partition coefficient (Wildman–Crippen LogP) is 5.64. The molecule has 0 saturated heterocycles. The Kier molecular flexibility index (Phi) is 9.16. The highest BCUT2D eigenvalue weighted by molar-refractivity contribution is 14.1. The van der Waals surface area contributed by atoms with Gasteiger partial charge in [-0.3, -0.25) is 9.59 Å². The van der Waals surface area contributed by atoms with Crippen molar-refractivity contribution in [3.63, 3.8) is 0 Å². The molecule has 1 aromatic heterocycles. The third-order valence-electron chi connectivity index (χ3n) is 3.36. The molecule has 0 unspecified atom stereocenters. The quantitative estimate of drug-likeness (QED) is 0.388. The predicted molar refractivity (Wildman–Crippen MR) is 121 cm³/mol. The minimum absolute atomic E-state index is 0.0299. The molecule has 0 spiro atoms. The summed E-state index contributed by atoms with van der Waals surface area (Å²) in [4.78, 5) is 22.5. The Labute approximate surface area is 182 Å². The van der Waals surface area contributed by atoms with Crippen molar-refractivity contribution in [2.45, 2.75) is 13.8 Å². The maximum Gasteiger partial charge on any atom is 0.167 e. The SMILES string of the molecule is CC(=O)COc1ccc(-c2cccs2)cc1.CC(=O)COc1ccc(I)cc1. The molecule has 0 aliphatic carbocycles. The molecule has 0 amide bonds. The van der Waals surface area contributed by atoms with E-state index in [1.54, 1.807) is 11.3 Å². The van der Waals surface area contributed by atoms with E-state index in [1.165, 1.54) is 24.3 Å². The van der Waals surface area contributed by atoms with E-state index in [1.807, 2.05) is 54.6 Å². The number of rotatable bonds is 7. The van der Waals surface area contributed by atoms with E-state index in [2.05, 4.69) is 34.0 Å². The van der Waals surface area contributed by atoms with Crippen LogP contribution in [-0.2, 0) is 9.59 Å². The van der Waals surface area contributed by atoms with Crippen molar-refractivity contribution < 1.29 is 19.1 Å². The number of ether oxygens (including phenoxy) is 2. The molecule has 1 heterocycles. The summed E-state index contributed by atoms with van der Waals surface area (Å²) in [6.07, 6.45) is 0. The normalized spacial score (nSPS) is 9.82. The van der Waals surface area contributed by atoms with Crippen LogP contribution in [0.25, 0.3) is 10.4 Å². The highest BCUT2D eigenvalue weighted by atomic mass is 127. The van der Waals surface area contributed by atoms with Gasteiger partial charge < -0.3 is 9.47 Å². The largest absolute Gasteiger partial charge is 0.486 e. The van der Waals surface area contributed by atoms with Crippen LogP contribution in [0.5, 0.6) is 11.5 Å². The average molecular weight is 508 g/mol. The number of carbonyl (C=O) groups excluding carboxylic acids is 2. The zero-order chi connectivity index (χ0) is 20.4. The van der Waals surface area contributed by atoms with Gasteiger partial charge in [0.05, 0.1) is 0 Å². The molecule has 28 heavy (non-hydrogen) atoms. The standard InChI is InChI=1S/C13H12O2S.C9H9IO2/c1-10(14)9-15-12-6-4-11(5-7-12)13-3-2-8-16-13;1-7(11)6-12-9-4-2-8(10)3-5-9/h2-8H,9H2,1H3;2-5H,6H2,1H3. The number of benzene rings is 2. The summed E-state index contributed by atoms with van der Waals surface area (Å²) in [5.74, 6) is 1.54. The number of halogens is 1. The molecule has 0 fully saturated rings. The molecule has 146 valence electrons. The van der Waals surface area contributed by atoms with Gasteiger partial charge in [0.1, 0.15) is 24.7 Å². The minimum atomic E-state index is 0.0299. The van der Waals surface area contributed by atoms with Crippen LogP contribution in [0.4, 0.5) is 0 Å². The smallest absolute Gasteiger partial charge is 0.167 e. The van der Waals surface area contributed by atoms with Gasteiger partial charge in [-0.25, -0.2) is 0 Å². The highest BCUT2D eigenvalue weighted by Crippen LogP contribution is 2.26. The molecule has 4 nitrogen and oxygen atoms in total. The van der Waals surface area contributed by atoms with Crippen LogP contribution >= 0.6 is 33.9 Å². The van der Waals surface area contributed by atoms with E-state index in [4.69, 9.17) is 9.47 Å². The van der Waals surface area contributed by atoms with Gasteiger partial charge >= 0.3 is 0 Å². The van der Waals surface area contributed by atoms with E-state index >= 15 is 0 Å². The van der Waals surface area contributed by atoms with Gasteiger partial charge in [-0.15, -0.1) is 11.3 Å². The van der Waals surface area contributed by atoms with Gasteiger partial charge in [0.25, 0.3) is 0 Å². The van der Waals surface area contributed by atoms with Crippen LogP contribution in [0.1, 0.15) is 13.8 Å². The molecule has 2 aromatic carbocycles. The Hall–Kier alpha value is -2.19. The summed E-state index contributed by atoms with van der Waals surface area (Å²) in [5, 5.41) is 2.05. The van der Waals surface area contributed by atoms with Crippen molar-refractivity contribution in [3.8, 4) is 21.9 Å². The second-order valence-corrected chi connectivity index (χ2v) is 8.13. The highest BCUT2D eigenvalue weighted by Gasteiger charge is 2.00. The monoisotopic (exact) mass is 508 g/mol. The maximum atomic E-state index is 10.7. The second kappa shape index (κ2) is 11.6. The molecule has 0 radical (unpaired) electrons. The summed E-state index contributed by atoms with van der Waals surface area (Å²) in [7, 11) is 0. The van der Waals surface area contributed by atoms with Crippen molar-refractivity contribution in [2.24, 2.45) is 0 Å². The molecule has 0 aliphatic rings. The summed E-state index contributed by atoms with van der Waals surface area (Å²) >= 11 is 3.92. The topological polar surface area (TPSA) is 52.6 Å². The summed E-state index contributed by atoms with van der Waals surface area (Å²) in [6, 6.07) is 19.5. The zero-order valence-corrected chi connectivity index (χ0v) is 18.7. The molecule has 0 aliphatic heterocycles. The number of carbonyl (C=O) groups is 2. The van der Waals surface area contributed by atoms with Crippen LogP contribution in [0.15, 0.2) is 66.0 Å². The van der Waals surface area contributed by atoms with E-state index < -0.39 is 0 Å². The third-order valence-corrected chi connectivity index (χ3v) is 5.00. The van der Waals surface area contributed by atoms with Crippen LogP contribution in [0.3, 0.4) is 0 Å². The van der Waals surface area contributed by atoms with Crippen LogP contribution in [-0.4, -0.2) is 24.8 Å². The first kappa shape index (κ1) is 22.1. The Morgan fingerprint density at radius 3 is 1.75 bits per heavy atom. The minimum Gasteiger partial charge on any atom is -0.486 e. The fourth-order valence-electron chi connectivity index (χ4n) is 2.06. The van der Waals surface area contributed by atoms with E-state index in [9.17, 15) is 9.59 Å². The van der Waals surface area contributed by atoms with Crippen LogP contribution < -0.4 is 9.47 Å². The lowest BCUT2D eigenvalue weighted by molar-refractivity contribution is -0.119. The average Bonchev–Trinajstić information content (AvgIpc) is 3.21. The number of Topliss-reactive ketones (excluding diaryl/α,β-unsaturated/α-hetero) is 2. The van der Waals surface area contributed by atoms with Crippen molar-refractivity contribution >= 4 is 45.5 Å². The van der Waals surface area contributed by atoms with Crippen molar-refractivity contribution in [2.75, 3.05) is 13.2 Å². The Bertz CT molecular complexity index is 872. The van der Waals surface area contributed by atoms with E-state index in [0.717, 1.165) is 15.1 Å². The summed E-state index contributed by atoms with van der Waals surface area (Å²) in [6.45, 7) is 3.31. The Morgan fingerprint density at radius 2 is 1.32 bits per heavy atom. The molecule has 0 bridgehead atoms. The first-order chi connectivity index (χ1) is 13.4. The summed E-state index contributed by atoms with van der Waals surface area (Å²) < 4.78 is 11.6. The molecule has 3 aromatic rings. The number of ketones is 2. The van der Waals surface area contributed by atoms with Crippen molar-refractivity contribution in [3.05, 3.63) is 69.6 Å². The molecular formula is C22H21IO4S. The Morgan fingerprint density at radius 1 is 0.821 bits per heavy atom. The van der Waals surface area contributed by atoms with E-state index in [0.29, 0.717) is 0 Å². The number of thiophene rings is 1. The number of hydrogen-bond donors (Lipinski definition) is 0. The lowest BCUT2D eigenvalue weighted by Gasteiger charge is -2.04. The first-order valence-corrected chi connectivity index (χ1v) is 10.5. The number of hydrogen-bond acceptors (Lipinski definition) is 5. The van der Waals surface area contributed by atoms with Gasteiger partial charge in [-0.2, -0.15) is 0 Å². The zero-order valence-electron chi connectivity index (χ0n) is 15.7. The van der Waals surface area contributed by atoms with Crippen molar-refractivity contribution in [1.82, 2.24) is 0 Å².